The maximum atomic E-state index is 13.2. The van der Waals surface area contributed by atoms with Gasteiger partial charge in [-0.25, -0.2) is 13.8 Å². The minimum absolute atomic E-state index is 0.268. The molecule has 26 heavy (non-hydrogen) atoms. The first kappa shape index (κ1) is 17.5. The predicted molar refractivity (Wildman–Crippen MR) is 93.7 cm³/mol. The number of benzene rings is 2. The summed E-state index contributed by atoms with van der Waals surface area (Å²) in [5.74, 6) is -1.03. The molecule has 3 rings (SSSR count). The van der Waals surface area contributed by atoms with Gasteiger partial charge in [0.25, 0.3) is 5.56 Å². The van der Waals surface area contributed by atoms with Crippen LogP contribution in [0, 0.1) is 18.6 Å². The van der Waals surface area contributed by atoms with Gasteiger partial charge in [0.05, 0.1) is 0 Å². The van der Waals surface area contributed by atoms with E-state index in [1.54, 1.807) is 6.92 Å². The van der Waals surface area contributed by atoms with E-state index in [1.807, 2.05) is 0 Å². The number of hydrogen-bond acceptors (Lipinski definition) is 3. The molecule has 132 valence electrons. The zero-order valence-electron chi connectivity index (χ0n) is 13.9. The van der Waals surface area contributed by atoms with Gasteiger partial charge in [-0.1, -0.05) is 0 Å². The number of nitrogens with zero attached hydrogens (tertiary/aromatic N) is 2. The van der Waals surface area contributed by atoms with Crippen molar-refractivity contribution in [3.63, 3.8) is 0 Å². The third-order valence-electron chi connectivity index (χ3n) is 3.67. The fraction of sp³-hybridized carbons (Fsp3) is 0.105. The lowest BCUT2D eigenvalue weighted by atomic mass is 10.2. The Morgan fingerprint density at radius 1 is 1.04 bits per heavy atom. The highest BCUT2D eigenvalue weighted by Gasteiger charge is 2.13. The second kappa shape index (κ2) is 7.26. The Labute approximate surface area is 147 Å². The third-order valence-corrected chi connectivity index (χ3v) is 3.67. The Kier molecular flexibility index (Phi) is 4.88. The molecule has 7 heteroatoms. The van der Waals surface area contributed by atoms with Crippen molar-refractivity contribution in [1.29, 1.82) is 0 Å². The van der Waals surface area contributed by atoms with Gasteiger partial charge in [0.1, 0.15) is 24.0 Å². The van der Waals surface area contributed by atoms with Crippen LogP contribution in [0.25, 0.3) is 11.4 Å². The summed E-state index contributed by atoms with van der Waals surface area (Å²) in [6, 6.07) is 12.1. The Balaban J connectivity index is 1.91. The van der Waals surface area contributed by atoms with Crippen molar-refractivity contribution >= 4 is 11.6 Å². The van der Waals surface area contributed by atoms with Crippen molar-refractivity contribution in [2.45, 2.75) is 13.5 Å². The molecular formula is C19H15F2N3O2. The van der Waals surface area contributed by atoms with E-state index in [-0.39, 0.29) is 12.4 Å². The molecule has 3 aromatic rings. The average Bonchev–Trinajstić information content (AvgIpc) is 2.60. The maximum Gasteiger partial charge on any atom is 0.254 e. The average molecular weight is 355 g/mol. The molecular weight excluding hydrogens is 340 g/mol. The predicted octanol–water partition coefficient (Wildman–Crippen LogP) is 3.14. The highest BCUT2D eigenvalue weighted by molar-refractivity contribution is 5.90. The van der Waals surface area contributed by atoms with Gasteiger partial charge in [0.2, 0.25) is 5.91 Å². The molecule has 2 aromatic carbocycles. The molecule has 0 aliphatic rings. The fourth-order valence-electron chi connectivity index (χ4n) is 2.47. The van der Waals surface area contributed by atoms with Gasteiger partial charge in [-0.3, -0.25) is 14.2 Å². The second-order valence-electron chi connectivity index (χ2n) is 5.71. The summed E-state index contributed by atoms with van der Waals surface area (Å²) >= 11 is 0. The molecule has 0 aliphatic carbocycles. The van der Waals surface area contributed by atoms with Gasteiger partial charge >= 0.3 is 0 Å². The van der Waals surface area contributed by atoms with Gasteiger partial charge in [-0.05, 0) is 55.5 Å². The van der Waals surface area contributed by atoms with E-state index in [0.29, 0.717) is 16.9 Å². The van der Waals surface area contributed by atoms with E-state index in [2.05, 4.69) is 10.3 Å². The summed E-state index contributed by atoms with van der Waals surface area (Å²) in [5.41, 5.74) is 1.02. The molecule has 0 saturated carbocycles. The highest BCUT2D eigenvalue weighted by atomic mass is 19.1. The van der Waals surface area contributed by atoms with Crippen molar-refractivity contribution in [3.05, 3.63) is 82.3 Å². The molecule has 0 unspecified atom stereocenters. The third kappa shape index (κ3) is 4.00. The van der Waals surface area contributed by atoms with Gasteiger partial charge in [0, 0.05) is 23.0 Å². The largest absolute Gasteiger partial charge is 0.325 e. The van der Waals surface area contributed by atoms with Crippen LogP contribution in [0.2, 0.25) is 0 Å². The topological polar surface area (TPSA) is 64.0 Å². The van der Waals surface area contributed by atoms with Crippen molar-refractivity contribution in [2.24, 2.45) is 0 Å². The fourth-order valence-corrected chi connectivity index (χ4v) is 2.47. The molecule has 0 fully saturated rings. The number of rotatable bonds is 4. The standard InChI is InChI=1S/C19H15F2N3O2/c1-12-10-18(26)24(19(22-12)13-2-4-14(20)5-3-13)11-17(25)23-16-8-6-15(21)7-9-16/h2-10H,11H2,1H3,(H,23,25). The maximum absolute atomic E-state index is 13.2. The van der Waals surface area contributed by atoms with E-state index in [9.17, 15) is 18.4 Å². The van der Waals surface area contributed by atoms with Gasteiger partial charge in [-0.2, -0.15) is 0 Å². The van der Waals surface area contributed by atoms with Gasteiger partial charge in [-0.15, -0.1) is 0 Å². The van der Waals surface area contributed by atoms with Crippen molar-refractivity contribution in [1.82, 2.24) is 9.55 Å². The number of amides is 1. The molecule has 0 aliphatic heterocycles. The minimum Gasteiger partial charge on any atom is -0.325 e. The summed E-state index contributed by atoms with van der Waals surface area (Å²) in [5, 5.41) is 2.59. The molecule has 1 N–H and O–H groups in total. The number of aromatic nitrogens is 2. The van der Waals surface area contributed by atoms with Crippen LogP contribution in [0.15, 0.2) is 59.4 Å². The molecule has 0 spiro atoms. The highest BCUT2D eigenvalue weighted by Crippen LogP contribution is 2.17. The normalized spacial score (nSPS) is 10.6. The van der Waals surface area contributed by atoms with Crippen LogP contribution in [0.1, 0.15) is 5.69 Å². The second-order valence-corrected chi connectivity index (χ2v) is 5.71. The molecule has 1 heterocycles. The summed E-state index contributed by atoms with van der Waals surface area (Å²) in [6.45, 7) is 1.38. The first-order valence-electron chi connectivity index (χ1n) is 7.82. The van der Waals surface area contributed by atoms with Crippen LogP contribution in [0.4, 0.5) is 14.5 Å². The monoisotopic (exact) mass is 355 g/mol. The first-order chi connectivity index (χ1) is 12.4. The zero-order chi connectivity index (χ0) is 18.7. The number of anilines is 1. The van der Waals surface area contributed by atoms with Crippen molar-refractivity contribution in [2.75, 3.05) is 5.32 Å². The van der Waals surface area contributed by atoms with E-state index in [4.69, 9.17) is 0 Å². The van der Waals surface area contributed by atoms with E-state index in [0.717, 1.165) is 0 Å². The van der Waals surface area contributed by atoms with Gasteiger partial charge in [0.15, 0.2) is 0 Å². The molecule has 0 atom stereocenters. The van der Waals surface area contributed by atoms with Gasteiger partial charge < -0.3 is 5.32 Å². The Morgan fingerprint density at radius 3 is 2.23 bits per heavy atom. The molecule has 5 nitrogen and oxygen atoms in total. The Morgan fingerprint density at radius 2 is 1.62 bits per heavy atom. The Bertz CT molecular complexity index is 997. The lowest BCUT2D eigenvalue weighted by Crippen LogP contribution is -2.29. The molecule has 1 aromatic heterocycles. The molecule has 0 bridgehead atoms. The smallest absolute Gasteiger partial charge is 0.254 e. The van der Waals surface area contributed by atoms with E-state index in [1.165, 1.54) is 59.2 Å². The van der Waals surface area contributed by atoms with Crippen LogP contribution in [0.3, 0.4) is 0 Å². The lowest BCUT2D eigenvalue weighted by molar-refractivity contribution is -0.116. The zero-order valence-corrected chi connectivity index (χ0v) is 13.9. The molecule has 0 saturated heterocycles. The van der Waals surface area contributed by atoms with Crippen LogP contribution in [-0.2, 0) is 11.3 Å². The van der Waals surface area contributed by atoms with E-state index >= 15 is 0 Å². The molecule has 1 amide bonds. The first-order valence-corrected chi connectivity index (χ1v) is 7.82. The van der Waals surface area contributed by atoms with Crippen LogP contribution < -0.4 is 10.9 Å². The summed E-state index contributed by atoms with van der Waals surface area (Å²) in [7, 11) is 0. The Hall–Kier alpha value is -3.35. The summed E-state index contributed by atoms with van der Waals surface area (Å²) in [6.07, 6.45) is 0. The number of nitrogens with one attached hydrogen (secondary N) is 1. The van der Waals surface area contributed by atoms with Crippen LogP contribution in [-0.4, -0.2) is 15.5 Å². The van der Waals surface area contributed by atoms with E-state index < -0.39 is 23.1 Å². The molecule has 0 radical (unpaired) electrons. The van der Waals surface area contributed by atoms with Crippen molar-refractivity contribution < 1.29 is 13.6 Å². The SMILES string of the molecule is Cc1cc(=O)n(CC(=O)Nc2ccc(F)cc2)c(-c2ccc(F)cc2)n1. The number of carbonyl (C=O) groups excluding carboxylic acids is 1. The lowest BCUT2D eigenvalue weighted by Gasteiger charge is -2.13. The summed E-state index contributed by atoms with van der Waals surface area (Å²) in [4.78, 5) is 29.0. The minimum atomic E-state index is -0.465. The van der Waals surface area contributed by atoms with Crippen molar-refractivity contribution in [3.8, 4) is 11.4 Å². The number of hydrogen-bond donors (Lipinski definition) is 1. The number of halogens is 2. The summed E-state index contributed by atoms with van der Waals surface area (Å²) < 4.78 is 27.3. The number of aryl methyl sites for hydroxylation is 1. The van der Waals surface area contributed by atoms with Crippen LogP contribution >= 0.6 is 0 Å². The number of carbonyl (C=O) groups is 1. The van der Waals surface area contributed by atoms with Crippen LogP contribution in [0.5, 0.6) is 0 Å². The quantitative estimate of drug-likeness (QED) is 0.782.